The number of ether oxygens (including phenoxy) is 1. The van der Waals surface area contributed by atoms with Gasteiger partial charge in [-0.25, -0.2) is 18.6 Å². The second-order valence-electron chi connectivity index (χ2n) is 8.61. The van der Waals surface area contributed by atoms with Crippen LogP contribution in [0.3, 0.4) is 0 Å². The third kappa shape index (κ3) is 3.26. The van der Waals surface area contributed by atoms with E-state index in [1.807, 2.05) is 12.1 Å². The summed E-state index contributed by atoms with van der Waals surface area (Å²) in [5.74, 6) is -3.22. The molecule has 3 heterocycles. The molecular formula is C24H21F2N3O3. The number of aromatic amines is 1. The van der Waals surface area contributed by atoms with Gasteiger partial charge in [0, 0.05) is 35.3 Å². The second kappa shape index (κ2) is 7.25. The van der Waals surface area contributed by atoms with Gasteiger partial charge in [-0.2, -0.15) is 0 Å². The molecule has 1 saturated carbocycles. The van der Waals surface area contributed by atoms with Crippen molar-refractivity contribution < 1.29 is 23.1 Å². The molecule has 1 spiro atoms. The Hall–Kier alpha value is -3.55. The lowest BCUT2D eigenvalue weighted by molar-refractivity contribution is -0.140. The summed E-state index contributed by atoms with van der Waals surface area (Å²) >= 11 is 0. The number of H-pyrrole nitrogens is 1. The Kier molecular flexibility index (Phi) is 4.62. The number of nitrogens with zero attached hydrogens (tertiary/aromatic N) is 2. The SMILES string of the molecule is CC(C)OC(=O)C1=CN(C(=O)c2ccc(F)c(F)c2)CC2(CC2)c2c1[nH]c1ncccc21. The number of amides is 1. The minimum Gasteiger partial charge on any atom is -0.459 e. The molecule has 1 aromatic carbocycles. The Morgan fingerprint density at radius 3 is 2.66 bits per heavy atom. The summed E-state index contributed by atoms with van der Waals surface area (Å²) in [5.41, 5.74) is 2.03. The molecule has 164 valence electrons. The number of hydrogen-bond donors (Lipinski definition) is 1. The minimum atomic E-state index is -1.10. The third-order valence-electron chi connectivity index (χ3n) is 5.97. The van der Waals surface area contributed by atoms with Gasteiger partial charge in [0.1, 0.15) is 5.65 Å². The fourth-order valence-corrected chi connectivity index (χ4v) is 4.36. The van der Waals surface area contributed by atoms with Gasteiger partial charge in [-0.1, -0.05) is 0 Å². The molecule has 1 aliphatic heterocycles. The minimum absolute atomic E-state index is 0.00427. The van der Waals surface area contributed by atoms with Gasteiger partial charge in [-0.15, -0.1) is 0 Å². The first kappa shape index (κ1) is 20.4. The van der Waals surface area contributed by atoms with Crippen molar-refractivity contribution in [2.24, 2.45) is 0 Å². The molecule has 0 unspecified atom stereocenters. The third-order valence-corrected chi connectivity index (χ3v) is 5.97. The summed E-state index contributed by atoms with van der Waals surface area (Å²) in [4.78, 5) is 35.4. The van der Waals surface area contributed by atoms with Gasteiger partial charge in [0.15, 0.2) is 11.6 Å². The first-order valence-corrected chi connectivity index (χ1v) is 10.5. The number of pyridine rings is 1. The molecule has 1 fully saturated rings. The van der Waals surface area contributed by atoms with Crippen LogP contribution < -0.4 is 0 Å². The van der Waals surface area contributed by atoms with Crippen LogP contribution in [0.5, 0.6) is 0 Å². The fraction of sp³-hybridized carbons (Fsp3) is 0.292. The highest BCUT2D eigenvalue weighted by Gasteiger charge is 2.51. The number of esters is 1. The highest BCUT2D eigenvalue weighted by atomic mass is 19.2. The second-order valence-corrected chi connectivity index (χ2v) is 8.61. The number of rotatable bonds is 3. The summed E-state index contributed by atoms with van der Waals surface area (Å²) in [6, 6.07) is 6.81. The van der Waals surface area contributed by atoms with Crippen LogP contribution in [0, 0.1) is 11.6 Å². The number of fused-ring (bicyclic) bond motifs is 4. The highest BCUT2D eigenvalue weighted by molar-refractivity contribution is 6.18. The fourth-order valence-electron chi connectivity index (χ4n) is 4.36. The summed E-state index contributed by atoms with van der Waals surface area (Å²) in [7, 11) is 0. The molecule has 1 N–H and O–H groups in total. The van der Waals surface area contributed by atoms with E-state index in [1.54, 1.807) is 20.0 Å². The topological polar surface area (TPSA) is 75.3 Å². The molecule has 2 aromatic heterocycles. The number of aromatic nitrogens is 2. The Labute approximate surface area is 182 Å². The molecule has 5 rings (SSSR count). The number of hydrogen-bond acceptors (Lipinski definition) is 4. The van der Waals surface area contributed by atoms with Crippen molar-refractivity contribution >= 4 is 28.5 Å². The molecule has 1 aliphatic carbocycles. The van der Waals surface area contributed by atoms with Crippen LogP contribution in [0.2, 0.25) is 0 Å². The zero-order valence-electron chi connectivity index (χ0n) is 17.6. The predicted octanol–water partition coefficient (Wildman–Crippen LogP) is 4.32. The lowest BCUT2D eigenvalue weighted by atomic mass is 9.91. The molecule has 8 heteroatoms. The Bertz CT molecular complexity index is 1290. The molecule has 0 radical (unpaired) electrons. The van der Waals surface area contributed by atoms with Crippen LogP contribution in [0.25, 0.3) is 16.6 Å². The van der Waals surface area contributed by atoms with E-state index in [0.29, 0.717) is 17.9 Å². The van der Waals surface area contributed by atoms with Crippen molar-refractivity contribution in [3.05, 3.63) is 71.2 Å². The van der Waals surface area contributed by atoms with E-state index in [4.69, 9.17) is 4.74 Å². The highest BCUT2D eigenvalue weighted by Crippen LogP contribution is 2.54. The van der Waals surface area contributed by atoms with Crippen LogP contribution in [-0.2, 0) is 14.9 Å². The molecule has 1 amide bonds. The smallest absolute Gasteiger partial charge is 0.342 e. The van der Waals surface area contributed by atoms with Crippen molar-refractivity contribution in [1.29, 1.82) is 0 Å². The molecule has 3 aromatic rings. The Balaban J connectivity index is 1.66. The van der Waals surface area contributed by atoms with E-state index in [-0.39, 0.29) is 22.7 Å². The number of halogens is 2. The summed E-state index contributed by atoms with van der Waals surface area (Å²) in [5, 5.41) is 0.894. The Morgan fingerprint density at radius 1 is 1.19 bits per heavy atom. The standard InChI is InChI=1S/C24H21F2N3O3/c1-13(2)32-23(31)16-11-29(22(30)14-5-6-17(25)18(26)10-14)12-24(7-8-24)19-15-4-3-9-27-21(15)28-20(16)19/h3-6,9-11,13H,7-8,12H2,1-2H3,(H,27,28). The van der Waals surface area contributed by atoms with Crippen LogP contribution in [0.15, 0.2) is 42.7 Å². The molecule has 2 aliphatic rings. The normalized spacial score (nSPS) is 16.7. The van der Waals surface area contributed by atoms with E-state index < -0.39 is 23.5 Å². The van der Waals surface area contributed by atoms with Crippen molar-refractivity contribution in [3.8, 4) is 0 Å². The molecule has 32 heavy (non-hydrogen) atoms. The Morgan fingerprint density at radius 2 is 1.97 bits per heavy atom. The lowest BCUT2D eigenvalue weighted by Crippen LogP contribution is -2.33. The van der Waals surface area contributed by atoms with Gasteiger partial charge >= 0.3 is 5.97 Å². The molecule has 0 bridgehead atoms. The van der Waals surface area contributed by atoms with Crippen LogP contribution in [0.4, 0.5) is 8.78 Å². The van der Waals surface area contributed by atoms with Crippen molar-refractivity contribution in [2.45, 2.75) is 38.2 Å². The predicted molar refractivity (Wildman–Crippen MR) is 114 cm³/mol. The molecule has 0 saturated heterocycles. The maximum Gasteiger partial charge on any atom is 0.342 e. The zero-order chi connectivity index (χ0) is 22.6. The first-order valence-electron chi connectivity index (χ1n) is 10.5. The van der Waals surface area contributed by atoms with Gasteiger partial charge < -0.3 is 14.6 Å². The van der Waals surface area contributed by atoms with Crippen LogP contribution >= 0.6 is 0 Å². The number of carbonyl (C=O) groups is 2. The van der Waals surface area contributed by atoms with Crippen molar-refractivity contribution in [2.75, 3.05) is 6.54 Å². The maximum absolute atomic E-state index is 13.8. The van der Waals surface area contributed by atoms with E-state index in [2.05, 4.69) is 9.97 Å². The molecule has 0 atom stereocenters. The van der Waals surface area contributed by atoms with E-state index in [0.717, 1.165) is 35.9 Å². The average molecular weight is 437 g/mol. The van der Waals surface area contributed by atoms with E-state index >= 15 is 0 Å². The zero-order valence-corrected chi connectivity index (χ0v) is 17.6. The van der Waals surface area contributed by atoms with Gasteiger partial charge in [-0.05, 0) is 62.6 Å². The maximum atomic E-state index is 13.8. The largest absolute Gasteiger partial charge is 0.459 e. The van der Waals surface area contributed by atoms with Gasteiger partial charge in [0.05, 0.1) is 17.4 Å². The quantitative estimate of drug-likeness (QED) is 0.620. The molecular weight excluding hydrogens is 416 g/mol. The van der Waals surface area contributed by atoms with Crippen molar-refractivity contribution in [3.63, 3.8) is 0 Å². The number of carbonyl (C=O) groups excluding carboxylic acids is 2. The summed E-state index contributed by atoms with van der Waals surface area (Å²) < 4.78 is 32.6. The number of nitrogens with one attached hydrogen (secondary N) is 1. The van der Waals surface area contributed by atoms with E-state index in [9.17, 15) is 18.4 Å². The van der Waals surface area contributed by atoms with Gasteiger partial charge in [-0.3, -0.25) is 4.79 Å². The average Bonchev–Trinajstić information content (AvgIpc) is 3.45. The van der Waals surface area contributed by atoms with E-state index in [1.165, 1.54) is 17.2 Å². The van der Waals surface area contributed by atoms with Gasteiger partial charge in [0.2, 0.25) is 0 Å². The first-order chi connectivity index (χ1) is 15.3. The lowest BCUT2D eigenvalue weighted by Gasteiger charge is -2.23. The summed E-state index contributed by atoms with van der Waals surface area (Å²) in [6.07, 6.45) is 4.41. The van der Waals surface area contributed by atoms with Crippen LogP contribution in [0.1, 0.15) is 48.3 Å². The van der Waals surface area contributed by atoms with Crippen LogP contribution in [-0.4, -0.2) is 39.4 Å². The van der Waals surface area contributed by atoms with Gasteiger partial charge in [0.25, 0.3) is 5.91 Å². The molecule has 6 nitrogen and oxygen atoms in total. The summed E-state index contributed by atoms with van der Waals surface area (Å²) in [6.45, 7) is 3.79. The number of benzene rings is 1. The van der Waals surface area contributed by atoms with Crippen molar-refractivity contribution in [1.82, 2.24) is 14.9 Å². The monoisotopic (exact) mass is 437 g/mol.